The van der Waals surface area contributed by atoms with Gasteiger partial charge in [0, 0.05) is 57.3 Å². The van der Waals surface area contributed by atoms with Crippen LogP contribution in [0.15, 0.2) is 48.5 Å². The van der Waals surface area contributed by atoms with Gasteiger partial charge >= 0.3 is 6.03 Å². The molecule has 0 aliphatic carbocycles. The first-order valence-electron chi connectivity index (χ1n) is 10.6. The van der Waals surface area contributed by atoms with Crippen LogP contribution < -0.4 is 20.3 Å². The van der Waals surface area contributed by atoms with Crippen molar-refractivity contribution >= 4 is 29.0 Å². The number of nitrogens with zero attached hydrogens (tertiary/aromatic N) is 2. The van der Waals surface area contributed by atoms with Gasteiger partial charge in [-0.15, -0.1) is 0 Å². The van der Waals surface area contributed by atoms with Gasteiger partial charge in [0.15, 0.2) is 0 Å². The molecule has 3 rings (SSSR count). The predicted octanol–water partition coefficient (Wildman–Crippen LogP) is 3.70. The Kier molecular flexibility index (Phi) is 8.82. The molecule has 0 bridgehead atoms. The van der Waals surface area contributed by atoms with Gasteiger partial charge < -0.3 is 25.0 Å². The topological polar surface area (TPSA) is 66.1 Å². The summed E-state index contributed by atoms with van der Waals surface area (Å²) in [5.74, 6) is 0.563. The average molecular weight is 447 g/mol. The Labute approximate surface area is 189 Å². The largest absolute Gasteiger partial charge is 0.490 e. The number of amides is 2. The molecule has 0 spiro atoms. The van der Waals surface area contributed by atoms with Crippen LogP contribution in [0.4, 0.5) is 16.2 Å². The maximum atomic E-state index is 12.3. The summed E-state index contributed by atoms with van der Waals surface area (Å²) in [5, 5.41) is 6.22. The number of halogens is 1. The molecule has 1 heterocycles. The number of hydrogen-bond acceptors (Lipinski definition) is 5. The zero-order valence-corrected chi connectivity index (χ0v) is 18.9. The third-order valence-electron chi connectivity index (χ3n) is 5.35. The quantitative estimate of drug-likeness (QED) is 0.575. The van der Waals surface area contributed by atoms with E-state index in [1.165, 1.54) is 5.69 Å². The molecule has 1 fully saturated rings. The first-order valence-corrected chi connectivity index (χ1v) is 10.9. The van der Waals surface area contributed by atoms with Crippen LogP contribution in [0.3, 0.4) is 0 Å². The number of carbonyl (C=O) groups is 1. The number of methoxy groups -OCH3 is 1. The minimum atomic E-state index is -0.251. The van der Waals surface area contributed by atoms with E-state index in [2.05, 4.69) is 51.6 Å². The molecule has 1 aliphatic rings. The van der Waals surface area contributed by atoms with Crippen LogP contribution in [0, 0.1) is 0 Å². The maximum Gasteiger partial charge on any atom is 0.319 e. The number of carbonyl (C=O) groups excluding carboxylic acids is 1. The van der Waals surface area contributed by atoms with Gasteiger partial charge in [-0.05, 0) is 37.3 Å². The molecule has 2 aromatic carbocycles. The summed E-state index contributed by atoms with van der Waals surface area (Å²) in [5.41, 5.74) is 1.88. The lowest BCUT2D eigenvalue weighted by atomic mass is 10.2. The third-order valence-corrected chi connectivity index (χ3v) is 5.65. The zero-order valence-electron chi connectivity index (χ0n) is 18.1. The van der Waals surface area contributed by atoms with Gasteiger partial charge in [0.2, 0.25) is 0 Å². The van der Waals surface area contributed by atoms with Crippen molar-refractivity contribution in [2.24, 2.45) is 0 Å². The SMILES string of the molecule is COCCOc1ccc(NC(=O)NCC(C)N2CCN(c3ccccc3)CC2)cc1Cl. The fraction of sp³-hybridized carbons (Fsp3) is 0.435. The molecule has 1 atom stereocenters. The highest BCUT2D eigenvalue weighted by atomic mass is 35.5. The van der Waals surface area contributed by atoms with E-state index in [4.69, 9.17) is 21.1 Å². The predicted molar refractivity (Wildman–Crippen MR) is 126 cm³/mol. The van der Waals surface area contributed by atoms with Crippen molar-refractivity contribution in [2.75, 3.05) is 63.3 Å². The highest BCUT2D eigenvalue weighted by Gasteiger charge is 2.21. The van der Waals surface area contributed by atoms with Crippen LogP contribution in [0.1, 0.15) is 6.92 Å². The Morgan fingerprint density at radius 3 is 2.52 bits per heavy atom. The van der Waals surface area contributed by atoms with E-state index in [0.717, 1.165) is 26.2 Å². The summed E-state index contributed by atoms with van der Waals surface area (Å²) >= 11 is 6.23. The van der Waals surface area contributed by atoms with Gasteiger partial charge in [-0.3, -0.25) is 4.90 Å². The van der Waals surface area contributed by atoms with Gasteiger partial charge in [-0.2, -0.15) is 0 Å². The minimum absolute atomic E-state index is 0.251. The third kappa shape index (κ3) is 7.02. The van der Waals surface area contributed by atoms with Crippen molar-refractivity contribution in [3.8, 4) is 5.75 Å². The summed E-state index contributed by atoms with van der Waals surface area (Å²) in [7, 11) is 1.61. The Balaban J connectivity index is 1.40. The molecule has 0 aromatic heterocycles. The van der Waals surface area contributed by atoms with Crippen LogP contribution in [0.5, 0.6) is 5.75 Å². The van der Waals surface area contributed by atoms with E-state index in [0.29, 0.717) is 36.2 Å². The molecule has 0 radical (unpaired) electrons. The minimum Gasteiger partial charge on any atom is -0.490 e. The van der Waals surface area contributed by atoms with Crippen molar-refractivity contribution in [1.82, 2.24) is 10.2 Å². The maximum absolute atomic E-state index is 12.3. The number of rotatable bonds is 9. The van der Waals surface area contributed by atoms with E-state index < -0.39 is 0 Å². The lowest BCUT2D eigenvalue weighted by molar-refractivity contribution is 0.146. The van der Waals surface area contributed by atoms with Crippen molar-refractivity contribution in [3.05, 3.63) is 53.6 Å². The van der Waals surface area contributed by atoms with E-state index in [1.807, 2.05) is 6.07 Å². The summed E-state index contributed by atoms with van der Waals surface area (Å²) in [4.78, 5) is 17.1. The van der Waals surface area contributed by atoms with Gasteiger partial charge in [0.1, 0.15) is 12.4 Å². The number of benzene rings is 2. The van der Waals surface area contributed by atoms with Crippen LogP contribution in [0.25, 0.3) is 0 Å². The molecule has 2 N–H and O–H groups in total. The standard InChI is InChI=1S/C23H31ClN4O3/c1-18(27-10-12-28(13-11-27)20-6-4-3-5-7-20)17-25-23(29)26-19-8-9-22(21(24)16-19)31-15-14-30-2/h3-9,16,18H,10-15,17H2,1-2H3,(H2,25,26,29). The highest BCUT2D eigenvalue weighted by Crippen LogP contribution is 2.27. The lowest BCUT2D eigenvalue weighted by Crippen LogP contribution is -2.52. The number of anilines is 2. The first kappa shape index (κ1) is 23.2. The second kappa shape index (κ2) is 11.8. The van der Waals surface area contributed by atoms with Crippen LogP contribution in [-0.2, 0) is 4.74 Å². The number of para-hydroxylation sites is 1. The van der Waals surface area contributed by atoms with E-state index in [9.17, 15) is 4.79 Å². The Hall–Kier alpha value is -2.48. The summed E-state index contributed by atoms with van der Waals surface area (Å²) < 4.78 is 10.5. The van der Waals surface area contributed by atoms with Crippen LogP contribution >= 0.6 is 11.6 Å². The number of ether oxygens (including phenoxy) is 2. The normalized spacial score (nSPS) is 15.4. The van der Waals surface area contributed by atoms with E-state index >= 15 is 0 Å². The van der Waals surface area contributed by atoms with Gasteiger partial charge in [0.25, 0.3) is 0 Å². The van der Waals surface area contributed by atoms with Gasteiger partial charge in [0.05, 0.1) is 11.6 Å². The number of nitrogens with one attached hydrogen (secondary N) is 2. The Bertz CT molecular complexity index is 829. The molecule has 0 saturated carbocycles. The molecule has 1 unspecified atom stereocenters. The number of urea groups is 1. The monoisotopic (exact) mass is 446 g/mol. The highest BCUT2D eigenvalue weighted by molar-refractivity contribution is 6.32. The summed E-state index contributed by atoms with van der Waals surface area (Å²) in [6.45, 7) is 7.53. The Morgan fingerprint density at radius 1 is 1.10 bits per heavy atom. The first-order chi connectivity index (χ1) is 15.1. The summed E-state index contributed by atoms with van der Waals surface area (Å²) in [6.07, 6.45) is 0. The average Bonchev–Trinajstić information content (AvgIpc) is 2.80. The van der Waals surface area contributed by atoms with E-state index in [-0.39, 0.29) is 12.1 Å². The molecule has 168 valence electrons. The number of hydrogen-bond donors (Lipinski definition) is 2. The molecule has 1 saturated heterocycles. The molecular weight excluding hydrogens is 416 g/mol. The number of piperazine rings is 1. The van der Waals surface area contributed by atoms with Crippen molar-refractivity contribution in [2.45, 2.75) is 13.0 Å². The molecule has 7 nitrogen and oxygen atoms in total. The van der Waals surface area contributed by atoms with Crippen LogP contribution in [0.2, 0.25) is 5.02 Å². The molecule has 1 aliphatic heterocycles. The fourth-order valence-corrected chi connectivity index (χ4v) is 3.77. The molecule has 31 heavy (non-hydrogen) atoms. The molecular formula is C23H31ClN4O3. The second-order valence-electron chi connectivity index (χ2n) is 7.53. The Morgan fingerprint density at radius 2 is 1.84 bits per heavy atom. The van der Waals surface area contributed by atoms with Gasteiger partial charge in [-0.25, -0.2) is 4.79 Å². The van der Waals surface area contributed by atoms with Crippen molar-refractivity contribution in [3.63, 3.8) is 0 Å². The smallest absolute Gasteiger partial charge is 0.319 e. The molecule has 2 aromatic rings. The summed E-state index contributed by atoms with van der Waals surface area (Å²) in [6, 6.07) is 15.7. The van der Waals surface area contributed by atoms with Gasteiger partial charge in [-0.1, -0.05) is 29.8 Å². The fourth-order valence-electron chi connectivity index (χ4n) is 3.54. The van der Waals surface area contributed by atoms with Crippen molar-refractivity contribution < 1.29 is 14.3 Å². The molecule has 8 heteroatoms. The van der Waals surface area contributed by atoms with E-state index in [1.54, 1.807) is 25.3 Å². The molecule has 2 amide bonds. The zero-order chi connectivity index (χ0) is 22.1. The van der Waals surface area contributed by atoms with Crippen LogP contribution in [-0.4, -0.2) is 70.0 Å². The van der Waals surface area contributed by atoms with Crippen molar-refractivity contribution in [1.29, 1.82) is 0 Å². The second-order valence-corrected chi connectivity index (χ2v) is 7.94. The lowest BCUT2D eigenvalue weighted by Gasteiger charge is -2.39.